The fourth-order valence-electron chi connectivity index (χ4n) is 2.31. The number of nitrogens with zero attached hydrogens (tertiary/aromatic N) is 4. The van der Waals surface area contributed by atoms with Crippen LogP contribution in [0, 0.1) is 0 Å². The third-order valence-electron chi connectivity index (χ3n) is 3.23. The number of halogens is 1. The number of benzene rings is 2. The van der Waals surface area contributed by atoms with Gasteiger partial charge in [-0.1, -0.05) is 41.9 Å². The summed E-state index contributed by atoms with van der Waals surface area (Å²) >= 11 is 6.09. The molecule has 104 valence electrons. The summed E-state index contributed by atoms with van der Waals surface area (Å²) in [6.45, 7) is 3.60. The van der Waals surface area contributed by atoms with Gasteiger partial charge in [0.1, 0.15) is 0 Å². The zero-order chi connectivity index (χ0) is 14.8. The van der Waals surface area contributed by atoms with Crippen molar-refractivity contribution in [3.63, 3.8) is 0 Å². The van der Waals surface area contributed by atoms with Crippen LogP contribution in [-0.2, 0) is 0 Å². The van der Waals surface area contributed by atoms with Crippen molar-refractivity contribution in [3.8, 4) is 11.3 Å². The van der Waals surface area contributed by atoms with Gasteiger partial charge in [-0.25, -0.2) is 4.98 Å². The second kappa shape index (κ2) is 5.50. The highest BCUT2D eigenvalue weighted by atomic mass is 35.5. The number of aromatic nitrogens is 2. The Bertz CT molecular complexity index is 896. The van der Waals surface area contributed by atoms with Crippen LogP contribution in [0.15, 0.2) is 58.6 Å². The Morgan fingerprint density at radius 2 is 1.95 bits per heavy atom. The van der Waals surface area contributed by atoms with E-state index in [1.165, 1.54) is 0 Å². The predicted octanol–water partition coefficient (Wildman–Crippen LogP) is 3.35. The molecule has 0 fully saturated rings. The molecule has 4 nitrogen and oxygen atoms in total. The largest absolute Gasteiger partial charge is 0.253 e. The lowest BCUT2D eigenvalue weighted by Crippen LogP contribution is -2.22. The van der Waals surface area contributed by atoms with Crippen molar-refractivity contribution < 1.29 is 0 Å². The molecule has 0 aliphatic carbocycles. The normalized spacial score (nSPS) is 11.8. The molecule has 0 aliphatic heterocycles. The SMILES string of the molecule is C=Nn1c(=NC)nc(-c2cccc(Cl)c2)c2ccccc21. The average Bonchev–Trinajstić information content (AvgIpc) is 2.53. The van der Waals surface area contributed by atoms with Crippen LogP contribution in [0.25, 0.3) is 22.2 Å². The minimum atomic E-state index is 0.499. The van der Waals surface area contributed by atoms with Gasteiger partial charge in [0, 0.05) is 29.7 Å². The molecule has 0 aliphatic rings. The molecule has 5 heteroatoms. The fourth-order valence-corrected chi connectivity index (χ4v) is 2.50. The highest BCUT2D eigenvalue weighted by Crippen LogP contribution is 2.27. The third-order valence-corrected chi connectivity index (χ3v) is 3.46. The smallest absolute Gasteiger partial charge is 0.246 e. The summed E-state index contributed by atoms with van der Waals surface area (Å²) in [6, 6.07) is 15.5. The molecule has 0 N–H and O–H groups in total. The van der Waals surface area contributed by atoms with Crippen LogP contribution in [0.5, 0.6) is 0 Å². The van der Waals surface area contributed by atoms with Gasteiger partial charge in [0.05, 0.1) is 11.2 Å². The molecule has 0 unspecified atom stereocenters. The molecule has 0 amide bonds. The zero-order valence-electron chi connectivity index (χ0n) is 11.5. The molecule has 3 rings (SSSR count). The van der Waals surface area contributed by atoms with E-state index in [0.29, 0.717) is 10.6 Å². The van der Waals surface area contributed by atoms with E-state index in [0.717, 1.165) is 22.2 Å². The molecule has 0 bridgehead atoms. The molecular formula is C16H13ClN4. The summed E-state index contributed by atoms with van der Waals surface area (Å²) in [5.41, 5.74) is 3.17. The summed E-state index contributed by atoms with van der Waals surface area (Å²) in [5.74, 6) is 0. The Labute approximate surface area is 127 Å². The standard InChI is InChI=1S/C16H13ClN4/c1-18-16-20-15(11-6-5-7-12(17)10-11)13-8-3-4-9-14(13)21(16)19-2/h3-10H,2H2,1H3. The van der Waals surface area contributed by atoms with Crippen LogP contribution in [-0.4, -0.2) is 23.4 Å². The number of hydrogen-bond donors (Lipinski definition) is 0. The van der Waals surface area contributed by atoms with Gasteiger partial charge >= 0.3 is 0 Å². The van der Waals surface area contributed by atoms with Crippen LogP contribution in [0.2, 0.25) is 5.02 Å². The zero-order valence-corrected chi connectivity index (χ0v) is 12.2. The molecule has 0 atom stereocenters. The van der Waals surface area contributed by atoms with Crippen LogP contribution in [0.3, 0.4) is 0 Å². The van der Waals surface area contributed by atoms with E-state index in [4.69, 9.17) is 11.6 Å². The lowest BCUT2D eigenvalue weighted by Gasteiger charge is -2.10. The second-order valence-corrected chi connectivity index (χ2v) is 4.90. The molecule has 2 aromatic carbocycles. The number of hydrogen-bond acceptors (Lipinski definition) is 3. The van der Waals surface area contributed by atoms with Crippen molar-refractivity contribution in [1.82, 2.24) is 9.66 Å². The molecule has 0 saturated heterocycles. The first-order valence-electron chi connectivity index (χ1n) is 6.42. The van der Waals surface area contributed by atoms with Crippen molar-refractivity contribution in [1.29, 1.82) is 0 Å². The van der Waals surface area contributed by atoms with Gasteiger partial charge in [-0.2, -0.15) is 9.78 Å². The Morgan fingerprint density at radius 3 is 2.67 bits per heavy atom. The average molecular weight is 297 g/mol. The quantitative estimate of drug-likeness (QED) is 0.669. The van der Waals surface area contributed by atoms with Crippen LogP contribution < -0.4 is 5.62 Å². The number of fused-ring (bicyclic) bond motifs is 1. The summed E-state index contributed by atoms with van der Waals surface area (Å²) in [7, 11) is 1.68. The van der Waals surface area contributed by atoms with E-state index >= 15 is 0 Å². The number of para-hydroxylation sites is 1. The maximum atomic E-state index is 6.09. The molecule has 3 aromatic rings. The number of rotatable bonds is 2. The van der Waals surface area contributed by atoms with Gasteiger partial charge in [-0.05, 0) is 18.2 Å². The van der Waals surface area contributed by atoms with Gasteiger partial charge in [0.2, 0.25) is 5.62 Å². The van der Waals surface area contributed by atoms with E-state index in [2.05, 4.69) is 21.8 Å². The van der Waals surface area contributed by atoms with E-state index < -0.39 is 0 Å². The van der Waals surface area contributed by atoms with Crippen molar-refractivity contribution in [2.45, 2.75) is 0 Å². The van der Waals surface area contributed by atoms with Crippen molar-refractivity contribution in [2.75, 3.05) is 7.05 Å². The Hall–Kier alpha value is -2.46. The van der Waals surface area contributed by atoms with Gasteiger partial charge < -0.3 is 0 Å². The minimum absolute atomic E-state index is 0.499. The highest BCUT2D eigenvalue weighted by molar-refractivity contribution is 6.30. The first-order valence-corrected chi connectivity index (χ1v) is 6.80. The second-order valence-electron chi connectivity index (χ2n) is 4.46. The molecule has 0 saturated carbocycles. The lowest BCUT2D eigenvalue weighted by atomic mass is 10.1. The highest BCUT2D eigenvalue weighted by Gasteiger charge is 2.10. The van der Waals surface area contributed by atoms with Crippen LogP contribution in [0.1, 0.15) is 0 Å². The lowest BCUT2D eigenvalue weighted by molar-refractivity contribution is 0.796. The molecule has 1 aromatic heterocycles. The first-order chi connectivity index (χ1) is 10.2. The molecule has 0 radical (unpaired) electrons. The monoisotopic (exact) mass is 296 g/mol. The predicted molar refractivity (Wildman–Crippen MR) is 86.6 cm³/mol. The Balaban J connectivity index is 2.47. The van der Waals surface area contributed by atoms with Gasteiger partial charge in [-0.15, -0.1) is 0 Å². The summed E-state index contributed by atoms with van der Waals surface area (Å²) < 4.78 is 1.63. The van der Waals surface area contributed by atoms with Gasteiger partial charge in [0.15, 0.2) is 0 Å². The topological polar surface area (TPSA) is 42.5 Å². The summed E-state index contributed by atoms with van der Waals surface area (Å²) in [6.07, 6.45) is 0. The summed E-state index contributed by atoms with van der Waals surface area (Å²) in [5, 5.41) is 5.65. The van der Waals surface area contributed by atoms with Gasteiger partial charge in [-0.3, -0.25) is 4.99 Å². The minimum Gasteiger partial charge on any atom is -0.253 e. The molecular weight excluding hydrogens is 284 g/mol. The van der Waals surface area contributed by atoms with Crippen molar-refractivity contribution in [2.24, 2.45) is 10.1 Å². The first kappa shape index (κ1) is 13.5. The molecule has 21 heavy (non-hydrogen) atoms. The molecule has 0 spiro atoms. The van der Waals surface area contributed by atoms with E-state index in [9.17, 15) is 0 Å². The third kappa shape index (κ3) is 2.34. The van der Waals surface area contributed by atoms with E-state index in [1.54, 1.807) is 11.7 Å². The Kier molecular flexibility index (Phi) is 3.54. The van der Waals surface area contributed by atoms with E-state index in [1.807, 2.05) is 48.5 Å². The van der Waals surface area contributed by atoms with Crippen molar-refractivity contribution in [3.05, 3.63) is 59.2 Å². The van der Waals surface area contributed by atoms with E-state index in [-0.39, 0.29) is 0 Å². The summed E-state index contributed by atoms with van der Waals surface area (Å²) in [4.78, 5) is 8.79. The maximum absolute atomic E-state index is 6.09. The fraction of sp³-hybridized carbons (Fsp3) is 0.0625. The van der Waals surface area contributed by atoms with Crippen LogP contribution in [0.4, 0.5) is 0 Å². The molecule has 1 heterocycles. The van der Waals surface area contributed by atoms with Crippen LogP contribution >= 0.6 is 11.6 Å². The van der Waals surface area contributed by atoms with Gasteiger partial charge in [0.25, 0.3) is 0 Å². The Morgan fingerprint density at radius 1 is 1.14 bits per heavy atom. The van der Waals surface area contributed by atoms with Crippen molar-refractivity contribution >= 4 is 29.2 Å². The maximum Gasteiger partial charge on any atom is 0.246 e.